The van der Waals surface area contributed by atoms with Crippen molar-refractivity contribution in [2.24, 2.45) is 7.05 Å². The SMILES string of the molecule is Cc1ccc(CN2CCC[C@@H](c3nnc(CN4CCCCC4)n3C)C2)o1. The lowest BCUT2D eigenvalue weighted by atomic mass is 9.97. The first-order valence-electron chi connectivity index (χ1n) is 10.1. The van der Waals surface area contributed by atoms with Gasteiger partial charge in [0.05, 0.1) is 13.1 Å². The van der Waals surface area contributed by atoms with E-state index in [1.165, 1.54) is 45.2 Å². The number of hydrogen-bond acceptors (Lipinski definition) is 5. The van der Waals surface area contributed by atoms with Gasteiger partial charge in [0.15, 0.2) is 0 Å². The van der Waals surface area contributed by atoms with Crippen LogP contribution in [-0.4, -0.2) is 50.7 Å². The number of piperidine rings is 2. The van der Waals surface area contributed by atoms with E-state index in [9.17, 15) is 0 Å². The normalized spacial score (nSPS) is 22.8. The molecule has 2 fully saturated rings. The van der Waals surface area contributed by atoms with Gasteiger partial charge < -0.3 is 8.98 Å². The van der Waals surface area contributed by atoms with Crippen molar-refractivity contribution >= 4 is 0 Å². The Morgan fingerprint density at radius 3 is 2.58 bits per heavy atom. The summed E-state index contributed by atoms with van der Waals surface area (Å²) in [7, 11) is 2.14. The van der Waals surface area contributed by atoms with Gasteiger partial charge in [-0.15, -0.1) is 10.2 Å². The summed E-state index contributed by atoms with van der Waals surface area (Å²) in [5.74, 6) is 4.78. The number of rotatable bonds is 5. The molecule has 1 atom stereocenters. The second-order valence-electron chi connectivity index (χ2n) is 7.96. The van der Waals surface area contributed by atoms with E-state index >= 15 is 0 Å². The third kappa shape index (κ3) is 4.01. The van der Waals surface area contributed by atoms with Crippen molar-refractivity contribution in [2.75, 3.05) is 26.2 Å². The molecule has 4 rings (SSSR count). The predicted molar refractivity (Wildman–Crippen MR) is 101 cm³/mol. The molecule has 0 aromatic carbocycles. The molecular formula is C20H31N5O. The van der Waals surface area contributed by atoms with Crippen LogP contribution in [-0.2, 0) is 20.1 Å². The van der Waals surface area contributed by atoms with Crippen molar-refractivity contribution in [2.45, 2.75) is 58.0 Å². The number of nitrogens with zero attached hydrogens (tertiary/aromatic N) is 5. The van der Waals surface area contributed by atoms with Gasteiger partial charge in [0.25, 0.3) is 0 Å². The lowest BCUT2D eigenvalue weighted by Gasteiger charge is -2.31. The number of likely N-dealkylation sites (tertiary alicyclic amines) is 2. The molecule has 2 aliphatic heterocycles. The zero-order valence-electron chi connectivity index (χ0n) is 16.2. The molecule has 0 bridgehead atoms. The smallest absolute Gasteiger partial charge is 0.146 e. The molecule has 142 valence electrons. The van der Waals surface area contributed by atoms with E-state index in [1.807, 2.05) is 13.0 Å². The molecule has 2 aliphatic rings. The summed E-state index contributed by atoms with van der Waals surface area (Å²) < 4.78 is 8.01. The minimum Gasteiger partial charge on any atom is -0.465 e. The molecule has 0 unspecified atom stereocenters. The highest BCUT2D eigenvalue weighted by atomic mass is 16.3. The molecule has 2 aromatic heterocycles. The van der Waals surface area contributed by atoms with Crippen molar-refractivity contribution in [1.82, 2.24) is 24.6 Å². The first-order chi connectivity index (χ1) is 12.7. The molecule has 0 saturated carbocycles. The van der Waals surface area contributed by atoms with Crippen molar-refractivity contribution in [3.63, 3.8) is 0 Å². The lowest BCUT2D eigenvalue weighted by Crippen LogP contribution is -2.35. The van der Waals surface area contributed by atoms with Crippen LogP contribution < -0.4 is 0 Å². The Bertz CT molecular complexity index is 716. The molecule has 0 radical (unpaired) electrons. The Balaban J connectivity index is 1.40. The molecule has 26 heavy (non-hydrogen) atoms. The Labute approximate surface area is 156 Å². The van der Waals surface area contributed by atoms with Gasteiger partial charge in [-0.05, 0) is 64.4 Å². The van der Waals surface area contributed by atoms with Gasteiger partial charge in [0.1, 0.15) is 23.2 Å². The van der Waals surface area contributed by atoms with E-state index in [0.717, 1.165) is 49.3 Å². The average Bonchev–Trinajstić information content (AvgIpc) is 3.22. The van der Waals surface area contributed by atoms with E-state index in [-0.39, 0.29) is 0 Å². The van der Waals surface area contributed by atoms with Crippen molar-refractivity contribution in [1.29, 1.82) is 0 Å². The lowest BCUT2D eigenvalue weighted by molar-refractivity contribution is 0.181. The van der Waals surface area contributed by atoms with Crippen LogP contribution in [0.1, 0.15) is 61.2 Å². The van der Waals surface area contributed by atoms with Crippen LogP contribution in [0.5, 0.6) is 0 Å². The van der Waals surface area contributed by atoms with E-state index in [2.05, 4.69) is 37.7 Å². The van der Waals surface area contributed by atoms with Crippen molar-refractivity contribution < 1.29 is 4.42 Å². The second-order valence-corrected chi connectivity index (χ2v) is 7.96. The average molecular weight is 358 g/mol. The summed E-state index contributed by atoms with van der Waals surface area (Å²) in [6, 6.07) is 4.14. The number of hydrogen-bond donors (Lipinski definition) is 0. The highest BCUT2D eigenvalue weighted by molar-refractivity contribution is 5.07. The van der Waals surface area contributed by atoms with Gasteiger partial charge in [-0.1, -0.05) is 6.42 Å². The quantitative estimate of drug-likeness (QED) is 0.823. The van der Waals surface area contributed by atoms with Crippen molar-refractivity contribution in [3.05, 3.63) is 35.3 Å². The third-order valence-corrected chi connectivity index (χ3v) is 5.86. The number of aryl methyl sites for hydroxylation is 1. The topological polar surface area (TPSA) is 50.3 Å². The standard InChI is InChI=1S/C20H31N5O/c1-16-8-9-18(26-16)14-25-12-6-7-17(13-25)20-22-21-19(23(20)2)15-24-10-4-3-5-11-24/h8-9,17H,3-7,10-15H2,1-2H3/t17-/m1/s1. The molecule has 0 N–H and O–H groups in total. The Morgan fingerprint density at radius 2 is 1.81 bits per heavy atom. The Kier molecular flexibility index (Phi) is 5.41. The highest BCUT2D eigenvalue weighted by Gasteiger charge is 2.27. The zero-order chi connectivity index (χ0) is 17.9. The van der Waals surface area contributed by atoms with Crippen LogP contribution in [0.3, 0.4) is 0 Å². The second kappa shape index (κ2) is 7.92. The largest absolute Gasteiger partial charge is 0.465 e. The van der Waals surface area contributed by atoms with Crippen LogP contribution in [0, 0.1) is 6.92 Å². The maximum Gasteiger partial charge on any atom is 0.146 e. The monoisotopic (exact) mass is 357 g/mol. The highest BCUT2D eigenvalue weighted by Crippen LogP contribution is 2.27. The van der Waals surface area contributed by atoms with Crippen LogP contribution in [0.2, 0.25) is 0 Å². The first kappa shape index (κ1) is 17.7. The molecule has 2 saturated heterocycles. The van der Waals surface area contributed by atoms with Gasteiger partial charge in [-0.3, -0.25) is 9.80 Å². The summed E-state index contributed by atoms with van der Waals surface area (Å²) in [6.07, 6.45) is 6.40. The Morgan fingerprint density at radius 1 is 1.00 bits per heavy atom. The fraction of sp³-hybridized carbons (Fsp3) is 0.700. The predicted octanol–water partition coefficient (Wildman–Crippen LogP) is 3.08. The molecule has 2 aromatic rings. The van der Waals surface area contributed by atoms with Gasteiger partial charge in [-0.2, -0.15) is 0 Å². The van der Waals surface area contributed by atoms with Crippen molar-refractivity contribution in [3.8, 4) is 0 Å². The minimum absolute atomic E-state index is 0.465. The van der Waals surface area contributed by atoms with Crippen LogP contribution in [0.4, 0.5) is 0 Å². The molecule has 0 amide bonds. The van der Waals surface area contributed by atoms with Crippen LogP contribution in [0.25, 0.3) is 0 Å². The van der Waals surface area contributed by atoms with Gasteiger partial charge in [0.2, 0.25) is 0 Å². The van der Waals surface area contributed by atoms with E-state index < -0.39 is 0 Å². The maximum atomic E-state index is 5.76. The number of furan rings is 1. The fourth-order valence-corrected chi connectivity index (χ4v) is 4.39. The summed E-state index contributed by atoms with van der Waals surface area (Å²) in [5, 5.41) is 9.12. The molecule has 0 spiro atoms. The first-order valence-corrected chi connectivity index (χ1v) is 10.1. The summed E-state index contributed by atoms with van der Waals surface area (Å²) in [6.45, 7) is 8.40. The van der Waals surface area contributed by atoms with E-state index in [0.29, 0.717) is 5.92 Å². The summed E-state index contributed by atoms with van der Waals surface area (Å²) in [4.78, 5) is 5.01. The van der Waals surface area contributed by atoms with E-state index in [1.54, 1.807) is 0 Å². The fourth-order valence-electron chi connectivity index (χ4n) is 4.39. The number of aromatic nitrogens is 3. The Hall–Kier alpha value is -1.66. The molecule has 4 heterocycles. The zero-order valence-corrected chi connectivity index (χ0v) is 16.2. The molecule has 0 aliphatic carbocycles. The minimum atomic E-state index is 0.465. The van der Waals surface area contributed by atoms with Gasteiger partial charge >= 0.3 is 0 Å². The molecule has 6 heteroatoms. The van der Waals surface area contributed by atoms with E-state index in [4.69, 9.17) is 4.42 Å². The third-order valence-electron chi connectivity index (χ3n) is 5.86. The van der Waals surface area contributed by atoms with Crippen LogP contribution in [0.15, 0.2) is 16.5 Å². The molecular weight excluding hydrogens is 326 g/mol. The summed E-state index contributed by atoms with van der Waals surface area (Å²) in [5.41, 5.74) is 0. The van der Waals surface area contributed by atoms with Crippen LogP contribution >= 0.6 is 0 Å². The molecule has 6 nitrogen and oxygen atoms in total. The maximum absolute atomic E-state index is 5.76. The van der Waals surface area contributed by atoms with Gasteiger partial charge in [-0.25, -0.2) is 0 Å². The van der Waals surface area contributed by atoms with Gasteiger partial charge in [0, 0.05) is 19.5 Å². The summed E-state index contributed by atoms with van der Waals surface area (Å²) >= 11 is 0.